The molecule has 5 nitrogen and oxygen atoms in total. The summed E-state index contributed by atoms with van der Waals surface area (Å²) in [6, 6.07) is 18.4. The van der Waals surface area contributed by atoms with Gasteiger partial charge in [0.25, 0.3) is 0 Å². The summed E-state index contributed by atoms with van der Waals surface area (Å²) in [5.41, 5.74) is 5.91. The largest absolute Gasteiger partial charge is 0.462 e. The smallest absolute Gasteiger partial charge is 0.335 e. The van der Waals surface area contributed by atoms with Gasteiger partial charge in [-0.15, -0.1) is 0 Å². The van der Waals surface area contributed by atoms with E-state index >= 15 is 0 Å². The minimum atomic E-state index is -0.597. The minimum absolute atomic E-state index is 0.0339. The van der Waals surface area contributed by atoms with Gasteiger partial charge in [-0.05, 0) is 111 Å². The summed E-state index contributed by atoms with van der Waals surface area (Å²) in [6.07, 6.45) is 18.6. The Bertz CT molecular complexity index is 1290. The van der Waals surface area contributed by atoms with Crippen LogP contribution in [0.25, 0.3) is 11.1 Å². The molecular formula is C43H60O5. The van der Waals surface area contributed by atoms with Crippen LogP contribution in [0.3, 0.4) is 0 Å². The molecule has 1 atom stereocenters. The molecular weight excluding hydrogens is 596 g/mol. The molecule has 0 bridgehead atoms. The molecule has 0 radical (unpaired) electrons. The van der Waals surface area contributed by atoms with Crippen molar-refractivity contribution in [2.24, 2.45) is 29.6 Å². The summed E-state index contributed by atoms with van der Waals surface area (Å²) < 4.78 is 10.8. The third kappa shape index (κ3) is 12.1. The average molecular weight is 657 g/mol. The lowest BCUT2D eigenvalue weighted by Crippen LogP contribution is -2.28. The number of carbonyl (C=O) groups excluding carboxylic acids is 2. The van der Waals surface area contributed by atoms with Crippen molar-refractivity contribution in [2.75, 3.05) is 19.8 Å². The maximum atomic E-state index is 12.1. The first-order chi connectivity index (χ1) is 23.2. The van der Waals surface area contributed by atoms with Crippen molar-refractivity contribution >= 4 is 11.9 Å². The predicted octanol–water partition coefficient (Wildman–Crippen LogP) is 9.85. The highest BCUT2D eigenvalue weighted by atomic mass is 16.5. The molecule has 0 saturated heterocycles. The van der Waals surface area contributed by atoms with Gasteiger partial charge in [0, 0.05) is 11.5 Å². The topological polar surface area (TPSA) is 72.8 Å². The van der Waals surface area contributed by atoms with Crippen molar-refractivity contribution in [2.45, 2.75) is 110 Å². The van der Waals surface area contributed by atoms with Crippen LogP contribution in [0.1, 0.15) is 108 Å². The van der Waals surface area contributed by atoms with E-state index in [-0.39, 0.29) is 24.7 Å². The summed E-state index contributed by atoms with van der Waals surface area (Å²) >= 11 is 0. The zero-order chi connectivity index (χ0) is 34.3. The Morgan fingerprint density at radius 2 is 1.23 bits per heavy atom. The standard InChI is InChI=1S/C43H60O5/c1-5-6-7-8-33-11-19-38(20-12-33)39-21-13-34(14-22-39)9-10-35-15-23-40(24-16-35)41-25-17-36(18-26-41)27-37(29-47-42(45)31(2)3)30-48-43(46)32(4)28-44/h11-14,19-22,35-37,40-41,44H,2,4-10,15-18,23-30H2,1,3H3. The van der Waals surface area contributed by atoms with Crippen molar-refractivity contribution in [1.29, 1.82) is 0 Å². The number of carbonyl (C=O) groups is 2. The molecule has 5 heteroatoms. The number of hydrogen-bond acceptors (Lipinski definition) is 5. The Hall–Kier alpha value is -3.18. The monoisotopic (exact) mass is 656 g/mol. The molecule has 1 N–H and O–H groups in total. The molecule has 2 fully saturated rings. The van der Waals surface area contributed by atoms with Gasteiger partial charge in [-0.2, -0.15) is 0 Å². The quantitative estimate of drug-likeness (QED) is 0.0982. The van der Waals surface area contributed by atoms with Crippen LogP contribution in [-0.4, -0.2) is 36.9 Å². The van der Waals surface area contributed by atoms with Crippen LogP contribution in [0.5, 0.6) is 0 Å². The maximum absolute atomic E-state index is 12.1. The van der Waals surface area contributed by atoms with E-state index in [4.69, 9.17) is 9.47 Å². The van der Waals surface area contributed by atoms with E-state index in [1.165, 1.54) is 112 Å². The molecule has 4 rings (SSSR count). The molecule has 48 heavy (non-hydrogen) atoms. The molecule has 0 aliphatic heterocycles. The first kappa shape index (κ1) is 37.6. The summed E-state index contributed by atoms with van der Waals surface area (Å²) in [5, 5.41) is 9.18. The fourth-order valence-electron chi connectivity index (χ4n) is 7.85. The molecule has 0 heterocycles. The van der Waals surface area contributed by atoms with Gasteiger partial charge in [-0.3, -0.25) is 0 Å². The lowest BCUT2D eigenvalue weighted by atomic mass is 9.68. The molecule has 0 spiro atoms. The fourth-order valence-corrected chi connectivity index (χ4v) is 7.85. The van der Waals surface area contributed by atoms with Crippen LogP contribution in [0, 0.1) is 29.6 Å². The number of benzene rings is 2. The SMILES string of the molecule is C=C(C)C(=O)OCC(COC(=O)C(=C)CO)CC1CCC(C2CCC(CCc3ccc(-c4ccc(CCCCC)cc4)cc3)CC2)CC1. The van der Waals surface area contributed by atoms with Crippen LogP contribution >= 0.6 is 0 Å². The number of esters is 2. The first-order valence-electron chi connectivity index (χ1n) is 18.7. The van der Waals surface area contributed by atoms with Crippen molar-refractivity contribution in [3.05, 3.63) is 84.0 Å². The van der Waals surface area contributed by atoms with Gasteiger partial charge < -0.3 is 14.6 Å². The third-order valence-electron chi connectivity index (χ3n) is 11.0. The number of ether oxygens (including phenoxy) is 2. The second kappa shape index (κ2) is 19.7. The third-order valence-corrected chi connectivity index (χ3v) is 11.0. The van der Waals surface area contributed by atoms with Crippen molar-refractivity contribution in [3.8, 4) is 11.1 Å². The normalized spacial score (nSPS) is 21.6. The van der Waals surface area contributed by atoms with Gasteiger partial charge in [-0.1, -0.05) is 107 Å². The number of aliphatic hydroxyl groups excluding tert-OH is 1. The van der Waals surface area contributed by atoms with Gasteiger partial charge in [0.1, 0.15) is 0 Å². The highest BCUT2D eigenvalue weighted by Gasteiger charge is 2.32. The summed E-state index contributed by atoms with van der Waals surface area (Å²) in [5.74, 6) is 1.93. The van der Waals surface area contributed by atoms with E-state index in [2.05, 4.69) is 68.6 Å². The van der Waals surface area contributed by atoms with Crippen LogP contribution in [0.2, 0.25) is 0 Å². The molecule has 0 amide bonds. The lowest BCUT2D eigenvalue weighted by molar-refractivity contribution is -0.144. The Balaban J connectivity index is 1.16. The zero-order valence-corrected chi connectivity index (χ0v) is 29.7. The van der Waals surface area contributed by atoms with E-state index in [9.17, 15) is 14.7 Å². The van der Waals surface area contributed by atoms with E-state index in [0.29, 0.717) is 11.5 Å². The Kier molecular flexibility index (Phi) is 15.5. The van der Waals surface area contributed by atoms with Crippen LogP contribution < -0.4 is 0 Å². The molecule has 0 aromatic heterocycles. The van der Waals surface area contributed by atoms with Crippen molar-refractivity contribution in [3.63, 3.8) is 0 Å². The number of hydrogen-bond donors (Lipinski definition) is 1. The number of rotatable bonds is 18. The second-order valence-corrected chi connectivity index (χ2v) is 14.8. The van der Waals surface area contributed by atoms with Gasteiger partial charge in [-0.25, -0.2) is 9.59 Å². The van der Waals surface area contributed by atoms with Crippen molar-refractivity contribution in [1.82, 2.24) is 0 Å². The predicted molar refractivity (Wildman–Crippen MR) is 195 cm³/mol. The van der Waals surface area contributed by atoms with Crippen LogP contribution in [-0.2, 0) is 31.9 Å². The average Bonchev–Trinajstić information content (AvgIpc) is 3.12. The van der Waals surface area contributed by atoms with Gasteiger partial charge in [0.05, 0.1) is 25.4 Å². The molecule has 2 saturated carbocycles. The maximum Gasteiger partial charge on any atom is 0.335 e. The molecule has 2 aromatic carbocycles. The highest BCUT2D eigenvalue weighted by molar-refractivity contribution is 5.88. The second-order valence-electron chi connectivity index (χ2n) is 14.8. The van der Waals surface area contributed by atoms with Crippen LogP contribution in [0.15, 0.2) is 72.8 Å². The Morgan fingerprint density at radius 3 is 1.73 bits per heavy atom. The van der Waals surface area contributed by atoms with E-state index < -0.39 is 18.5 Å². The molecule has 2 aliphatic carbocycles. The first-order valence-corrected chi connectivity index (χ1v) is 18.7. The van der Waals surface area contributed by atoms with E-state index in [1.54, 1.807) is 6.92 Å². The summed E-state index contributed by atoms with van der Waals surface area (Å²) in [6.45, 7) is 11.0. The number of aliphatic hydroxyl groups is 1. The van der Waals surface area contributed by atoms with Gasteiger partial charge in [0.15, 0.2) is 0 Å². The van der Waals surface area contributed by atoms with Gasteiger partial charge >= 0.3 is 11.9 Å². The molecule has 262 valence electrons. The molecule has 2 aliphatic rings. The summed E-state index contributed by atoms with van der Waals surface area (Å²) in [7, 11) is 0. The van der Waals surface area contributed by atoms with Crippen LogP contribution in [0.4, 0.5) is 0 Å². The highest BCUT2D eigenvalue weighted by Crippen LogP contribution is 2.43. The zero-order valence-electron chi connectivity index (χ0n) is 29.7. The fraction of sp³-hybridized carbons (Fsp3) is 0.581. The number of unbranched alkanes of at least 4 members (excludes halogenated alkanes) is 2. The Labute approximate surface area is 290 Å². The van der Waals surface area contributed by atoms with E-state index in [0.717, 1.165) is 24.2 Å². The lowest BCUT2D eigenvalue weighted by Gasteiger charge is -2.38. The number of aryl methyl sites for hydroxylation is 2. The van der Waals surface area contributed by atoms with Crippen molar-refractivity contribution < 1.29 is 24.2 Å². The molecule has 1 unspecified atom stereocenters. The Morgan fingerprint density at radius 1 is 0.729 bits per heavy atom. The molecule has 2 aromatic rings. The van der Waals surface area contributed by atoms with Gasteiger partial charge in [0.2, 0.25) is 0 Å². The minimum Gasteiger partial charge on any atom is -0.462 e. The van der Waals surface area contributed by atoms with E-state index in [1.807, 2.05) is 0 Å². The summed E-state index contributed by atoms with van der Waals surface area (Å²) in [4.78, 5) is 24.1.